The number of amides is 2. The molecule has 0 radical (unpaired) electrons. The summed E-state index contributed by atoms with van der Waals surface area (Å²) in [5, 5.41) is 5.80. The lowest BCUT2D eigenvalue weighted by molar-refractivity contribution is -0.127. The van der Waals surface area contributed by atoms with Crippen molar-refractivity contribution in [1.29, 1.82) is 0 Å². The summed E-state index contributed by atoms with van der Waals surface area (Å²) in [5.41, 5.74) is 1.01. The van der Waals surface area contributed by atoms with Gasteiger partial charge >= 0.3 is 0 Å². The summed E-state index contributed by atoms with van der Waals surface area (Å²) in [6.07, 6.45) is 6.38. The number of carbonyl (C=O) groups excluding carboxylic acids is 2. The third kappa shape index (κ3) is 5.82. The quantitative estimate of drug-likeness (QED) is 0.642. The van der Waals surface area contributed by atoms with Crippen molar-refractivity contribution in [3.63, 3.8) is 0 Å². The van der Waals surface area contributed by atoms with Crippen LogP contribution in [0.3, 0.4) is 0 Å². The first kappa shape index (κ1) is 22.7. The Bertz CT molecular complexity index is 824. The number of hydrogen-bond acceptors (Lipinski definition) is 4. The third-order valence-electron chi connectivity index (χ3n) is 6.18. The summed E-state index contributed by atoms with van der Waals surface area (Å²) in [6.45, 7) is 3.43. The van der Waals surface area contributed by atoms with E-state index in [1.54, 1.807) is 24.3 Å². The zero-order valence-electron chi connectivity index (χ0n) is 17.7. The summed E-state index contributed by atoms with van der Waals surface area (Å²) >= 11 is 0. The Hall–Kier alpha value is -1.93. The molecule has 1 aliphatic heterocycles. The molecule has 2 N–H and O–H groups in total. The molecule has 1 aromatic rings. The lowest BCUT2D eigenvalue weighted by atomic mass is 9.89. The summed E-state index contributed by atoms with van der Waals surface area (Å²) in [5.74, 6) is -0.0364. The Morgan fingerprint density at radius 1 is 0.867 bits per heavy atom. The fraction of sp³-hybridized carbons (Fsp3) is 0.636. The van der Waals surface area contributed by atoms with Crippen LogP contribution in [0.2, 0.25) is 0 Å². The number of nitrogens with one attached hydrogen (secondary N) is 2. The van der Waals surface area contributed by atoms with E-state index in [0.717, 1.165) is 31.2 Å². The van der Waals surface area contributed by atoms with E-state index in [-0.39, 0.29) is 23.7 Å². The standard InChI is InChI=1S/C22H33N3O4S/c1-17-7-9-20(10-8-17)30(28,29)25-15-11-19(12-16-25)22(27)24-14-13-23-21(26)18-5-3-2-4-6-18/h7-10,18-19H,2-6,11-16H2,1H3,(H,23,26)(H,24,27). The van der Waals surface area contributed by atoms with Crippen LogP contribution in [0.25, 0.3) is 0 Å². The number of sulfonamides is 1. The minimum absolute atomic E-state index is 0.0608. The summed E-state index contributed by atoms with van der Waals surface area (Å²) in [7, 11) is -3.52. The van der Waals surface area contributed by atoms with Crippen LogP contribution in [0.15, 0.2) is 29.2 Å². The highest BCUT2D eigenvalue weighted by atomic mass is 32.2. The Balaban J connectivity index is 1.38. The molecule has 166 valence electrons. The van der Waals surface area contributed by atoms with Gasteiger partial charge in [0.15, 0.2) is 0 Å². The van der Waals surface area contributed by atoms with Crippen molar-refractivity contribution in [2.24, 2.45) is 11.8 Å². The van der Waals surface area contributed by atoms with Gasteiger partial charge in [-0.2, -0.15) is 4.31 Å². The van der Waals surface area contributed by atoms with Crippen LogP contribution in [0.4, 0.5) is 0 Å². The lowest BCUT2D eigenvalue weighted by Gasteiger charge is -2.30. The molecular formula is C22H33N3O4S. The Morgan fingerprint density at radius 2 is 1.37 bits per heavy atom. The largest absolute Gasteiger partial charge is 0.354 e. The SMILES string of the molecule is Cc1ccc(S(=O)(=O)N2CCC(C(=O)NCCNC(=O)C3CCCCC3)CC2)cc1. The van der Waals surface area contributed by atoms with Crippen LogP contribution >= 0.6 is 0 Å². The van der Waals surface area contributed by atoms with Gasteiger partial charge in [-0.15, -0.1) is 0 Å². The first-order chi connectivity index (χ1) is 14.4. The van der Waals surface area contributed by atoms with Crippen LogP contribution in [-0.2, 0) is 19.6 Å². The molecule has 2 fully saturated rings. The van der Waals surface area contributed by atoms with Gasteiger partial charge in [0.05, 0.1) is 4.90 Å². The number of benzene rings is 1. The van der Waals surface area contributed by atoms with Crippen LogP contribution in [0.1, 0.15) is 50.5 Å². The molecule has 0 unspecified atom stereocenters. The molecular weight excluding hydrogens is 402 g/mol. The minimum atomic E-state index is -3.52. The molecule has 1 saturated heterocycles. The van der Waals surface area contributed by atoms with E-state index in [1.807, 2.05) is 6.92 Å². The van der Waals surface area contributed by atoms with E-state index in [0.29, 0.717) is 43.9 Å². The van der Waals surface area contributed by atoms with Crippen molar-refractivity contribution in [2.45, 2.75) is 56.8 Å². The van der Waals surface area contributed by atoms with Gasteiger partial charge in [-0.1, -0.05) is 37.0 Å². The lowest BCUT2D eigenvalue weighted by Crippen LogP contribution is -2.44. The molecule has 0 aromatic heterocycles. The maximum atomic E-state index is 12.8. The average Bonchev–Trinajstić information content (AvgIpc) is 2.77. The number of nitrogens with zero attached hydrogens (tertiary/aromatic N) is 1. The number of piperidine rings is 1. The van der Waals surface area contributed by atoms with Crippen molar-refractivity contribution in [3.8, 4) is 0 Å². The van der Waals surface area contributed by atoms with Crippen LogP contribution < -0.4 is 10.6 Å². The fourth-order valence-corrected chi connectivity index (χ4v) is 5.71. The molecule has 7 nitrogen and oxygen atoms in total. The van der Waals surface area contributed by atoms with Crippen LogP contribution in [-0.4, -0.2) is 50.7 Å². The first-order valence-electron chi connectivity index (χ1n) is 11.0. The van der Waals surface area contributed by atoms with E-state index in [1.165, 1.54) is 10.7 Å². The van der Waals surface area contributed by atoms with Gasteiger partial charge in [-0.05, 0) is 44.7 Å². The van der Waals surface area contributed by atoms with E-state index >= 15 is 0 Å². The van der Waals surface area contributed by atoms with Crippen LogP contribution in [0.5, 0.6) is 0 Å². The monoisotopic (exact) mass is 435 g/mol. The molecule has 8 heteroatoms. The first-order valence-corrected chi connectivity index (χ1v) is 12.4. The van der Waals surface area contributed by atoms with Crippen molar-refractivity contribution in [2.75, 3.05) is 26.2 Å². The van der Waals surface area contributed by atoms with Gasteiger partial charge < -0.3 is 10.6 Å². The molecule has 30 heavy (non-hydrogen) atoms. The minimum Gasteiger partial charge on any atom is -0.354 e. The van der Waals surface area contributed by atoms with Gasteiger partial charge in [-0.25, -0.2) is 8.42 Å². The fourth-order valence-electron chi connectivity index (χ4n) is 4.24. The molecule has 2 amide bonds. The normalized spacial score (nSPS) is 19.4. The zero-order valence-corrected chi connectivity index (χ0v) is 18.5. The predicted molar refractivity (Wildman–Crippen MR) is 115 cm³/mol. The maximum Gasteiger partial charge on any atom is 0.243 e. The third-order valence-corrected chi connectivity index (χ3v) is 8.10. The molecule has 1 saturated carbocycles. The molecule has 1 heterocycles. The Labute approximate surface area is 179 Å². The highest BCUT2D eigenvalue weighted by Gasteiger charge is 2.32. The highest BCUT2D eigenvalue weighted by molar-refractivity contribution is 7.89. The van der Waals surface area contributed by atoms with Crippen LogP contribution in [0, 0.1) is 18.8 Å². The molecule has 0 bridgehead atoms. The maximum absolute atomic E-state index is 12.8. The molecule has 1 aromatic carbocycles. The van der Waals surface area contributed by atoms with Crippen molar-refractivity contribution < 1.29 is 18.0 Å². The topological polar surface area (TPSA) is 95.6 Å². The highest BCUT2D eigenvalue weighted by Crippen LogP contribution is 2.25. The van der Waals surface area contributed by atoms with Gasteiger partial charge in [0, 0.05) is 38.0 Å². The van der Waals surface area contributed by atoms with E-state index in [9.17, 15) is 18.0 Å². The predicted octanol–water partition coefficient (Wildman–Crippen LogP) is 2.21. The molecule has 2 aliphatic rings. The number of aryl methyl sites for hydroxylation is 1. The summed E-state index contributed by atoms with van der Waals surface area (Å²) in [4.78, 5) is 24.8. The second-order valence-corrected chi connectivity index (χ2v) is 10.3. The number of carbonyl (C=O) groups is 2. The summed E-state index contributed by atoms with van der Waals surface area (Å²) < 4.78 is 27.0. The van der Waals surface area contributed by atoms with Gasteiger partial charge in [0.25, 0.3) is 0 Å². The smallest absolute Gasteiger partial charge is 0.243 e. The number of rotatable bonds is 7. The zero-order chi connectivity index (χ0) is 21.6. The Morgan fingerprint density at radius 3 is 1.90 bits per heavy atom. The second-order valence-electron chi connectivity index (χ2n) is 8.41. The van der Waals surface area contributed by atoms with Gasteiger partial charge in [0.2, 0.25) is 21.8 Å². The van der Waals surface area contributed by atoms with E-state index in [2.05, 4.69) is 10.6 Å². The molecule has 0 spiro atoms. The number of hydrogen-bond donors (Lipinski definition) is 2. The van der Waals surface area contributed by atoms with Crippen molar-refractivity contribution >= 4 is 21.8 Å². The second kappa shape index (κ2) is 10.4. The Kier molecular flexibility index (Phi) is 7.88. The van der Waals surface area contributed by atoms with E-state index < -0.39 is 10.0 Å². The van der Waals surface area contributed by atoms with Gasteiger partial charge in [-0.3, -0.25) is 9.59 Å². The molecule has 0 atom stereocenters. The van der Waals surface area contributed by atoms with E-state index in [4.69, 9.17) is 0 Å². The molecule has 1 aliphatic carbocycles. The molecule has 3 rings (SSSR count). The van der Waals surface area contributed by atoms with Crippen molar-refractivity contribution in [3.05, 3.63) is 29.8 Å². The van der Waals surface area contributed by atoms with Gasteiger partial charge in [0.1, 0.15) is 0 Å². The average molecular weight is 436 g/mol. The summed E-state index contributed by atoms with van der Waals surface area (Å²) in [6, 6.07) is 6.84. The van der Waals surface area contributed by atoms with Crippen molar-refractivity contribution in [1.82, 2.24) is 14.9 Å².